The normalized spacial score (nSPS) is 31.6. The van der Waals surface area contributed by atoms with E-state index in [4.69, 9.17) is 9.72 Å². The number of aryl methyl sites for hydroxylation is 1. The lowest BCUT2D eigenvalue weighted by molar-refractivity contribution is -0.0880. The monoisotopic (exact) mass is 315 g/mol. The molecule has 1 N–H and O–H groups in total. The quantitative estimate of drug-likeness (QED) is 0.943. The molecule has 0 aromatic carbocycles. The van der Waals surface area contributed by atoms with Gasteiger partial charge in [0.05, 0.1) is 22.9 Å². The SMILES string of the molecule is CO[C@@]12CC[C@H](O)C[C@@H]1N(Cc1nc(C)n3ccccc13)CC2. The number of nitrogens with zero attached hydrogens (tertiary/aromatic N) is 3. The fourth-order valence-corrected chi connectivity index (χ4v) is 4.54. The lowest BCUT2D eigenvalue weighted by Gasteiger charge is -2.42. The minimum Gasteiger partial charge on any atom is -0.393 e. The first kappa shape index (κ1) is 15.1. The highest BCUT2D eigenvalue weighted by molar-refractivity contribution is 5.53. The first-order valence-corrected chi connectivity index (χ1v) is 8.53. The zero-order valence-electron chi connectivity index (χ0n) is 13.9. The molecule has 0 radical (unpaired) electrons. The predicted molar refractivity (Wildman–Crippen MR) is 88.3 cm³/mol. The van der Waals surface area contributed by atoms with Gasteiger partial charge in [0.1, 0.15) is 5.82 Å². The number of methoxy groups -OCH3 is 1. The molecule has 0 amide bonds. The lowest BCUT2D eigenvalue weighted by atomic mass is 9.79. The Labute approximate surface area is 136 Å². The first-order valence-electron chi connectivity index (χ1n) is 8.53. The highest BCUT2D eigenvalue weighted by Gasteiger charge is 2.50. The fraction of sp³-hybridized carbons (Fsp3) is 0.611. The molecule has 0 spiro atoms. The second-order valence-electron chi connectivity index (χ2n) is 6.99. The molecule has 3 heterocycles. The van der Waals surface area contributed by atoms with Crippen LogP contribution in [0.15, 0.2) is 24.4 Å². The number of imidazole rings is 1. The van der Waals surface area contributed by atoms with Gasteiger partial charge in [-0.15, -0.1) is 0 Å². The third-order valence-corrected chi connectivity index (χ3v) is 5.83. The molecule has 0 unspecified atom stereocenters. The van der Waals surface area contributed by atoms with Gasteiger partial charge in [-0.3, -0.25) is 4.90 Å². The zero-order valence-corrected chi connectivity index (χ0v) is 13.9. The smallest absolute Gasteiger partial charge is 0.110 e. The van der Waals surface area contributed by atoms with Crippen molar-refractivity contribution in [2.75, 3.05) is 13.7 Å². The summed E-state index contributed by atoms with van der Waals surface area (Å²) < 4.78 is 8.08. The topological polar surface area (TPSA) is 50.0 Å². The van der Waals surface area contributed by atoms with E-state index in [1.54, 1.807) is 0 Å². The zero-order chi connectivity index (χ0) is 16.0. The maximum Gasteiger partial charge on any atom is 0.110 e. The van der Waals surface area contributed by atoms with E-state index < -0.39 is 0 Å². The van der Waals surface area contributed by atoms with Crippen molar-refractivity contribution < 1.29 is 9.84 Å². The number of hydrogen-bond acceptors (Lipinski definition) is 4. The molecule has 3 atom stereocenters. The van der Waals surface area contributed by atoms with Crippen LogP contribution in [0.25, 0.3) is 5.52 Å². The van der Waals surface area contributed by atoms with Gasteiger partial charge in [-0.1, -0.05) is 6.07 Å². The predicted octanol–water partition coefficient (Wildman–Crippen LogP) is 2.15. The van der Waals surface area contributed by atoms with Crippen molar-refractivity contribution in [1.29, 1.82) is 0 Å². The van der Waals surface area contributed by atoms with E-state index in [1.165, 1.54) is 5.52 Å². The third kappa shape index (κ3) is 2.38. The number of pyridine rings is 1. The summed E-state index contributed by atoms with van der Waals surface area (Å²) in [6, 6.07) is 6.52. The standard InChI is InChI=1S/C18H25N3O2/c1-13-19-15(16-5-3-4-9-21(13)16)12-20-10-8-18(23-2)7-6-14(22)11-17(18)20/h3-5,9,14,17,22H,6-8,10-12H2,1-2H3/t14-,17-,18+/m0/s1. The van der Waals surface area contributed by atoms with Crippen LogP contribution in [0.4, 0.5) is 0 Å². The Morgan fingerprint density at radius 3 is 3.09 bits per heavy atom. The summed E-state index contributed by atoms with van der Waals surface area (Å²) in [6.45, 7) is 3.88. The molecule has 2 aromatic rings. The number of rotatable bonds is 3. The van der Waals surface area contributed by atoms with Crippen LogP contribution in [-0.4, -0.2) is 50.8 Å². The second-order valence-corrected chi connectivity index (χ2v) is 6.99. The van der Waals surface area contributed by atoms with Crippen LogP contribution in [0.2, 0.25) is 0 Å². The minimum atomic E-state index is -0.204. The van der Waals surface area contributed by atoms with Crippen molar-refractivity contribution in [3.8, 4) is 0 Å². The summed E-state index contributed by atoms with van der Waals surface area (Å²) in [7, 11) is 1.82. The Bertz CT molecular complexity index is 713. The number of likely N-dealkylation sites (tertiary alicyclic amines) is 1. The van der Waals surface area contributed by atoms with E-state index in [9.17, 15) is 5.11 Å². The van der Waals surface area contributed by atoms with Gasteiger partial charge < -0.3 is 14.2 Å². The number of aromatic nitrogens is 2. The van der Waals surface area contributed by atoms with Gasteiger partial charge in [-0.2, -0.15) is 0 Å². The Balaban J connectivity index is 1.63. The molecule has 23 heavy (non-hydrogen) atoms. The van der Waals surface area contributed by atoms with Crippen molar-refractivity contribution in [2.45, 2.75) is 56.9 Å². The van der Waals surface area contributed by atoms with E-state index >= 15 is 0 Å². The molecule has 1 aliphatic heterocycles. The Morgan fingerprint density at radius 1 is 1.39 bits per heavy atom. The molecule has 1 saturated carbocycles. The summed E-state index contributed by atoms with van der Waals surface area (Å²) in [5.74, 6) is 1.02. The van der Waals surface area contributed by atoms with Crippen LogP contribution in [0.1, 0.15) is 37.2 Å². The fourth-order valence-electron chi connectivity index (χ4n) is 4.54. The molecule has 0 bridgehead atoms. The summed E-state index contributed by atoms with van der Waals surface area (Å²) in [6.07, 6.45) is 5.52. The van der Waals surface area contributed by atoms with E-state index in [0.29, 0.717) is 0 Å². The molecule has 4 rings (SSSR count). The van der Waals surface area contributed by atoms with Gasteiger partial charge in [-0.25, -0.2) is 4.98 Å². The van der Waals surface area contributed by atoms with Crippen molar-refractivity contribution in [2.24, 2.45) is 0 Å². The minimum absolute atomic E-state index is 0.0795. The summed E-state index contributed by atoms with van der Waals surface area (Å²) in [4.78, 5) is 7.24. The molecule has 5 nitrogen and oxygen atoms in total. The highest BCUT2D eigenvalue weighted by atomic mass is 16.5. The molecule has 124 valence electrons. The molecule has 5 heteroatoms. The van der Waals surface area contributed by atoms with Gasteiger partial charge in [0.2, 0.25) is 0 Å². The summed E-state index contributed by atoms with van der Waals surface area (Å²) in [5.41, 5.74) is 2.22. The summed E-state index contributed by atoms with van der Waals surface area (Å²) in [5, 5.41) is 10.1. The maximum atomic E-state index is 10.1. The second kappa shape index (κ2) is 5.58. The average Bonchev–Trinajstić information content (AvgIpc) is 3.08. The van der Waals surface area contributed by atoms with Crippen LogP contribution in [-0.2, 0) is 11.3 Å². The molecule has 2 fully saturated rings. The van der Waals surface area contributed by atoms with E-state index in [-0.39, 0.29) is 17.7 Å². The van der Waals surface area contributed by atoms with Crippen molar-refractivity contribution in [3.63, 3.8) is 0 Å². The molecule has 1 aliphatic carbocycles. The van der Waals surface area contributed by atoms with Gasteiger partial charge in [0.25, 0.3) is 0 Å². The van der Waals surface area contributed by atoms with Crippen LogP contribution in [0, 0.1) is 6.92 Å². The number of aliphatic hydroxyl groups is 1. The van der Waals surface area contributed by atoms with Crippen LogP contribution in [0.3, 0.4) is 0 Å². The Morgan fingerprint density at radius 2 is 2.26 bits per heavy atom. The van der Waals surface area contributed by atoms with Crippen molar-refractivity contribution in [1.82, 2.24) is 14.3 Å². The number of ether oxygens (including phenoxy) is 1. The molecule has 1 saturated heterocycles. The molecular formula is C18H25N3O2. The average molecular weight is 315 g/mol. The van der Waals surface area contributed by atoms with Crippen molar-refractivity contribution >= 4 is 5.52 Å². The number of fused-ring (bicyclic) bond motifs is 2. The van der Waals surface area contributed by atoms with Crippen LogP contribution in [0.5, 0.6) is 0 Å². The highest BCUT2D eigenvalue weighted by Crippen LogP contribution is 2.43. The van der Waals surface area contributed by atoms with Gasteiger partial charge >= 0.3 is 0 Å². The third-order valence-electron chi connectivity index (χ3n) is 5.83. The molecule has 2 aromatic heterocycles. The van der Waals surface area contributed by atoms with Gasteiger partial charge in [0.15, 0.2) is 0 Å². The van der Waals surface area contributed by atoms with E-state index in [2.05, 4.69) is 27.6 Å². The van der Waals surface area contributed by atoms with Gasteiger partial charge in [0, 0.05) is 32.4 Å². The van der Waals surface area contributed by atoms with Crippen LogP contribution < -0.4 is 0 Å². The molecular weight excluding hydrogens is 290 g/mol. The van der Waals surface area contributed by atoms with Crippen molar-refractivity contribution in [3.05, 3.63) is 35.9 Å². The van der Waals surface area contributed by atoms with E-state index in [0.717, 1.165) is 50.3 Å². The van der Waals surface area contributed by atoms with E-state index in [1.807, 2.05) is 20.1 Å². The first-order chi connectivity index (χ1) is 11.1. The Kier molecular flexibility index (Phi) is 3.67. The lowest BCUT2D eigenvalue weighted by Crippen LogP contribution is -2.51. The maximum absolute atomic E-state index is 10.1. The van der Waals surface area contributed by atoms with Gasteiger partial charge in [-0.05, 0) is 44.7 Å². The summed E-state index contributed by atoms with van der Waals surface area (Å²) >= 11 is 0. The number of hydrogen-bond donors (Lipinski definition) is 1. The largest absolute Gasteiger partial charge is 0.393 e. The molecule has 2 aliphatic rings. The Hall–Kier alpha value is -1.43. The van der Waals surface area contributed by atoms with Crippen LogP contribution >= 0.6 is 0 Å². The number of aliphatic hydroxyl groups excluding tert-OH is 1.